The third-order valence-corrected chi connectivity index (χ3v) is 4.41. The molecular weight excluding hydrogens is 328 g/mol. The van der Waals surface area contributed by atoms with E-state index in [2.05, 4.69) is 29.7 Å². The van der Waals surface area contributed by atoms with Crippen molar-refractivity contribution in [1.82, 2.24) is 5.32 Å². The van der Waals surface area contributed by atoms with E-state index in [0.717, 1.165) is 29.8 Å². The quantitative estimate of drug-likeness (QED) is 0.791. The SMILES string of the molecule is CCCC(NC(=O)C(C)Nc1ccc2c(c1)OCCO2)c1ccccc1. The number of benzene rings is 2. The number of hydrogen-bond donors (Lipinski definition) is 2. The van der Waals surface area contributed by atoms with Crippen LogP contribution < -0.4 is 20.1 Å². The van der Waals surface area contributed by atoms with Gasteiger partial charge in [-0.05, 0) is 31.0 Å². The van der Waals surface area contributed by atoms with Gasteiger partial charge in [0, 0.05) is 11.8 Å². The predicted octanol–water partition coefficient (Wildman–Crippen LogP) is 3.92. The van der Waals surface area contributed by atoms with Crippen LogP contribution >= 0.6 is 0 Å². The Hall–Kier alpha value is -2.69. The van der Waals surface area contributed by atoms with Crippen LogP contribution in [0.25, 0.3) is 0 Å². The number of hydrogen-bond acceptors (Lipinski definition) is 4. The number of carbonyl (C=O) groups excluding carboxylic acids is 1. The van der Waals surface area contributed by atoms with E-state index < -0.39 is 0 Å². The summed E-state index contributed by atoms with van der Waals surface area (Å²) in [5, 5.41) is 6.40. The predicted molar refractivity (Wildman–Crippen MR) is 103 cm³/mol. The topological polar surface area (TPSA) is 59.6 Å². The molecule has 0 aliphatic carbocycles. The van der Waals surface area contributed by atoms with Crippen LogP contribution in [-0.4, -0.2) is 25.2 Å². The van der Waals surface area contributed by atoms with Gasteiger partial charge in [-0.15, -0.1) is 0 Å². The Kier molecular flexibility index (Phi) is 6.00. The number of rotatable bonds is 7. The summed E-state index contributed by atoms with van der Waals surface area (Å²) in [6.07, 6.45) is 1.91. The molecule has 2 N–H and O–H groups in total. The molecule has 0 spiro atoms. The maximum Gasteiger partial charge on any atom is 0.242 e. The number of nitrogens with one attached hydrogen (secondary N) is 2. The summed E-state index contributed by atoms with van der Waals surface area (Å²) in [4.78, 5) is 12.7. The molecule has 2 atom stereocenters. The largest absolute Gasteiger partial charge is 0.486 e. The molecule has 5 nitrogen and oxygen atoms in total. The van der Waals surface area contributed by atoms with E-state index in [4.69, 9.17) is 9.47 Å². The minimum Gasteiger partial charge on any atom is -0.486 e. The third-order valence-electron chi connectivity index (χ3n) is 4.41. The Morgan fingerprint density at radius 1 is 1.08 bits per heavy atom. The summed E-state index contributed by atoms with van der Waals surface area (Å²) < 4.78 is 11.1. The zero-order chi connectivity index (χ0) is 18.4. The Labute approximate surface area is 154 Å². The van der Waals surface area contributed by atoms with E-state index in [1.54, 1.807) is 0 Å². The van der Waals surface area contributed by atoms with Crippen LogP contribution in [0.1, 0.15) is 38.3 Å². The molecule has 1 heterocycles. The first-order chi connectivity index (χ1) is 12.7. The zero-order valence-electron chi connectivity index (χ0n) is 15.3. The molecule has 0 fully saturated rings. The fourth-order valence-electron chi connectivity index (χ4n) is 3.04. The molecule has 2 aromatic rings. The van der Waals surface area contributed by atoms with Crippen molar-refractivity contribution in [2.75, 3.05) is 18.5 Å². The average molecular weight is 354 g/mol. The molecule has 2 aromatic carbocycles. The standard InChI is InChI=1S/C21H26N2O3/c1-3-7-18(16-8-5-4-6-9-16)23-21(24)15(2)22-17-10-11-19-20(14-17)26-13-12-25-19/h4-6,8-11,14-15,18,22H,3,7,12-13H2,1-2H3,(H,23,24). The van der Waals surface area contributed by atoms with Crippen LogP contribution in [0.5, 0.6) is 11.5 Å². The van der Waals surface area contributed by atoms with Gasteiger partial charge in [0.1, 0.15) is 19.3 Å². The molecule has 1 aliphatic rings. The summed E-state index contributed by atoms with van der Waals surface area (Å²) in [7, 11) is 0. The van der Waals surface area contributed by atoms with Gasteiger partial charge in [-0.1, -0.05) is 43.7 Å². The van der Waals surface area contributed by atoms with E-state index in [0.29, 0.717) is 19.0 Å². The minimum absolute atomic E-state index is 0.0257. The van der Waals surface area contributed by atoms with Crippen LogP contribution in [0.15, 0.2) is 48.5 Å². The van der Waals surface area contributed by atoms with Gasteiger partial charge >= 0.3 is 0 Å². The van der Waals surface area contributed by atoms with E-state index in [9.17, 15) is 4.79 Å². The van der Waals surface area contributed by atoms with Crippen molar-refractivity contribution in [2.45, 2.75) is 38.8 Å². The Morgan fingerprint density at radius 3 is 2.54 bits per heavy atom. The molecule has 0 saturated heterocycles. The summed E-state index contributed by atoms with van der Waals surface area (Å²) in [5.41, 5.74) is 1.97. The van der Waals surface area contributed by atoms with Gasteiger partial charge in [0.2, 0.25) is 5.91 Å². The van der Waals surface area contributed by atoms with Crippen LogP contribution in [0.3, 0.4) is 0 Å². The van der Waals surface area contributed by atoms with Gasteiger partial charge in [-0.25, -0.2) is 0 Å². The Balaban J connectivity index is 1.63. The molecule has 138 valence electrons. The van der Waals surface area contributed by atoms with Gasteiger partial charge in [-0.2, -0.15) is 0 Å². The molecule has 5 heteroatoms. The first-order valence-electron chi connectivity index (χ1n) is 9.19. The van der Waals surface area contributed by atoms with Crippen molar-refractivity contribution < 1.29 is 14.3 Å². The number of carbonyl (C=O) groups is 1. The maximum atomic E-state index is 12.7. The van der Waals surface area contributed by atoms with Crippen LogP contribution in [0.4, 0.5) is 5.69 Å². The molecule has 0 aromatic heterocycles. The van der Waals surface area contributed by atoms with Crippen molar-refractivity contribution in [2.24, 2.45) is 0 Å². The third kappa shape index (κ3) is 4.48. The molecule has 2 unspecified atom stereocenters. The lowest BCUT2D eigenvalue weighted by Crippen LogP contribution is -2.39. The van der Waals surface area contributed by atoms with E-state index >= 15 is 0 Å². The maximum absolute atomic E-state index is 12.7. The van der Waals surface area contributed by atoms with Crippen molar-refractivity contribution in [3.05, 3.63) is 54.1 Å². The number of amides is 1. The van der Waals surface area contributed by atoms with Crippen LogP contribution in [0, 0.1) is 0 Å². The Bertz CT molecular complexity index is 733. The van der Waals surface area contributed by atoms with Crippen molar-refractivity contribution in [3.8, 4) is 11.5 Å². The summed E-state index contributed by atoms with van der Waals surface area (Å²) in [6, 6.07) is 15.4. The van der Waals surface area contributed by atoms with Crippen molar-refractivity contribution in [1.29, 1.82) is 0 Å². The van der Waals surface area contributed by atoms with E-state index in [-0.39, 0.29) is 18.0 Å². The number of fused-ring (bicyclic) bond motifs is 1. The van der Waals surface area contributed by atoms with Crippen LogP contribution in [-0.2, 0) is 4.79 Å². The fraction of sp³-hybridized carbons (Fsp3) is 0.381. The molecule has 26 heavy (non-hydrogen) atoms. The lowest BCUT2D eigenvalue weighted by molar-refractivity contribution is -0.122. The van der Waals surface area contributed by atoms with Crippen LogP contribution in [0.2, 0.25) is 0 Å². The highest BCUT2D eigenvalue weighted by molar-refractivity contribution is 5.84. The lowest BCUT2D eigenvalue weighted by Gasteiger charge is -2.23. The first-order valence-corrected chi connectivity index (χ1v) is 9.19. The molecule has 0 saturated carbocycles. The Morgan fingerprint density at radius 2 is 1.81 bits per heavy atom. The monoisotopic (exact) mass is 354 g/mol. The second-order valence-electron chi connectivity index (χ2n) is 6.48. The van der Waals surface area contributed by atoms with Crippen molar-refractivity contribution >= 4 is 11.6 Å². The average Bonchev–Trinajstić information content (AvgIpc) is 2.68. The van der Waals surface area contributed by atoms with Gasteiger partial charge in [0.25, 0.3) is 0 Å². The molecular formula is C21H26N2O3. The lowest BCUT2D eigenvalue weighted by atomic mass is 10.0. The molecule has 1 aliphatic heterocycles. The second kappa shape index (κ2) is 8.61. The van der Waals surface area contributed by atoms with Gasteiger partial charge in [0.15, 0.2) is 11.5 Å². The molecule has 0 bridgehead atoms. The second-order valence-corrected chi connectivity index (χ2v) is 6.48. The normalized spacial score (nSPS) is 15.0. The number of ether oxygens (including phenoxy) is 2. The molecule has 1 amide bonds. The first kappa shape index (κ1) is 18.1. The van der Waals surface area contributed by atoms with Gasteiger partial charge < -0.3 is 20.1 Å². The minimum atomic E-state index is -0.361. The zero-order valence-corrected chi connectivity index (χ0v) is 15.3. The fourth-order valence-corrected chi connectivity index (χ4v) is 3.04. The summed E-state index contributed by atoms with van der Waals surface area (Å²) in [5.74, 6) is 1.43. The number of anilines is 1. The molecule has 3 rings (SSSR count). The smallest absolute Gasteiger partial charge is 0.242 e. The highest BCUT2D eigenvalue weighted by atomic mass is 16.6. The highest BCUT2D eigenvalue weighted by Crippen LogP contribution is 2.32. The summed E-state index contributed by atoms with van der Waals surface area (Å²) in [6.45, 7) is 5.10. The highest BCUT2D eigenvalue weighted by Gasteiger charge is 2.19. The van der Waals surface area contributed by atoms with Crippen molar-refractivity contribution in [3.63, 3.8) is 0 Å². The molecule has 0 radical (unpaired) electrons. The van der Waals surface area contributed by atoms with E-state index in [1.807, 2.05) is 43.3 Å². The summed E-state index contributed by atoms with van der Waals surface area (Å²) >= 11 is 0. The van der Waals surface area contributed by atoms with Gasteiger partial charge in [-0.3, -0.25) is 4.79 Å². The van der Waals surface area contributed by atoms with Gasteiger partial charge in [0.05, 0.1) is 6.04 Å². The van der Waals surface area contributed by atoms with E-state index in [1.165, 1.54) is 0 Å².